The van der Waals surface area contributed by atoms with E-state index in [0.717, 1.165) is 6.07 Å². The largest absolute Gasteiger partial charge is 0.435 e. The van der Waals surface area contributed by atoms with E-state index in [9.17, 15) is 18.0 Å². The van der Waals surface area contributed by atoms with Crippen molar-refractivity contribution in [3.63, 3.8) is 0 Å². The molecule has 0 heterocycles. The first-order valence-corrected chi connectivity index (χ1v) is 5.41. The van der Waals surface area contributed by atoms with E-state index < -0.39 is 18.2 Å². The van der Waals surface area contributed by atoms with Crippen molar-refractivity contribution in [2.45, 2.75) is 6.61 Å². The van der Waals surface area contributed by atoms with Crippen LogP contribution >= 0.6 is 0 Å². The van der Waals surface area contributed by atoms with Crippen molar-refractivity contribution in [2.75, 3.05) is 0 Å². The number of hydrogen-bond donors (Lipinski definition) is 0. The smallest absolute Gasteiger partial charge is 0.387 e. The van der Waals surface area contributed by atoms with Crippen LogP contribution in [-0.4, -0.2) is 12.4 Å². The number of carbonyl (C=O) groups is 1. The minimum Gasteiger partial charge on any atom is -0.435 e. The van der Waals surface area contributed by atoms with Crippen molar-refractivity contribution in [2.24, 2.45) is 0 Å². The quantitative estimate of drug-likeness (QED) is 0.789. The Morgan fingerprint density at radius 1 is 1.00 bits per heavy atom. The molecule has 0 saturated carbocycles. The molecule has 0 saturated heterocycles. The van der Waals surface area contributed by atoms with Gasteiger partial charge in [-0.1, -0.05) is 24.3 Å². The van der Waals surface area contributed by atoms with Gasteiger partial charge in [0.15, 0.2) is 5.78 Å². The van der Waals surface area contributed by atoms with Crippen LogP contribution in [0.25, 0.3) is 0 Å². The van der Waals surface area contributed by atoms with Crippen LogP contribution < -0.4 is 4.74 Å². The van der Waals surface area contributed by atoms with Crippen LogP contribution in [0.1, 0.15) is 15.9 Å². The molecule has 2 aromatic carbocycles. The highest BCUT2D eigenvalue weighted by molar-refractivity contribution is 6.09. The third kappa shape index (κ3) is 3.34. The summed E-state index contributed by atoms with van der Waals surface area (Å²) >= 11 is 0. The Kier molecular flexibility index (Phi) is 3.85. The van der Waals surface area contributed by atoms with Gasteiger partial charge in [0.25, 0.3) is 0 Å². The molecule has 19 heavy (non-hydrogen) atoms. The molecule has 2 aromatic rings. The zero-order valence-electron chi connectivity index (χ0n) is 9.65. The van der Waals surface area contributed by atoms with Crippen molar-refractivity contribution in [3.05, 3.63) is 65.5 Å². The highest BCUT2D eigenvalue weighted by atomic mass is 19.3. The van der Waals surface area contributed by atoms with Crippen molar-refractivity contribution >= 4 is 5.78 Å². The monoisotopic (exact) mass is 266 g/mol. The van der Waals surface area contributed by atoms with Gasteiger partial charge in [0.05, 0.1) is 0 Å². The summed E-state index contributed by atoms with van der Waals surface area (Å²) in [6.45, 7) is -2.96. The Morgan fingerprint density at radius 2 is 1.63 bits per heavy atom. The van der Waals surface area contributed by atoms with Gasteiger partial charge in [-0.05, 0) is 24.3 Å². The number of carbonyl (C=O) groups excluding carboxylic acids is 1. The molecule has 0 unspecified atom stereocenters. The fourth-order valence-corrected chi connectivity index (χ4v) is 1.61. The van der Waals surface area contributed by atoms with Gasteiger partial charge in [-0.25, -0.2) is 4.39 Å². The second kappa shape index (κ2) is 5.56. The first-order valence-electron chi connectivity index (χ1n) is 5.41. The fraction of sp³-hybridized carbons (Fsp3) is 0.0714. The van der Waals surface area contributed by atoms with E-state index in [1.165, 1.54) is 42.5 Å². The van der Waals surface area contributed by atoms with E-state index in [2.05, 4.69) is 4.74 Å². The van der Waals surface area contributed by atoms with Crippen LogP contribution in [0.15, 0.2) is 48.5 Å². The number of benzene rings is 2. The molecule has 0 N–H and O–H groups in total. The summed E-state index contributed by atoms with van der Waals surface area (Å²) in [5.74, 6) is -1.11. The summed E-state index contributed by atoms with van der Waals surface area (Å²) in [6.07, 6.45) is 0. The van der Waals surface area contributed by atoms with Gasteiger partial charge in [-0.2, -0.15) is 8.78 Å². The number of alkyl halides is 2. The maximum atomic E-state index is 13.0. The molecule has 5 heteroatoms. The standard InChI is InChI=1S/C14H9F3O2/c15-11-5-1-3-9(7-11)13(18)10-4-2-6-12(8-10)19-14(16)17/h1-8,14H. The lowest BCUT2D eigenvalue weighted by Crippen LogP contribution is -2.05. The zero-order valence-corrected chi connectivity index (χ0v) is 9.65. The van der Waals surface area contributed by atoms with Gasteiger partial charge in [0.1, 0.15) is 11.6 Å². The Morgan fingerprint density at radius 3 is 2.26 bits per heavy atom. The minimum atomic E-state index is -2.96. The maximum Gasteiger partial charge on any atom is 0.387 e. The van der Waals surface area contributed by atoms with E-state index in [1.807, 2.05) is 0 Å². The molecule has 0 aliphatic rings. The Balaban J connectivity index is 2.29. The second-order valence-corrected chi connectivity index (χ2v) is 3.75. The Labute approximate surface area is 107 Å². The van der Waals surface area contributed by atoms with E-state index in [4.69, 9.17) is 0 Å². The summed E-state index contributed by atoms with van der Waals surface area (Å²) in [7, 11) is 0. The average Bonchev–Trinajstić information content (AvgIpc) is 2.37. The Bertz CT molecular complexity index is 597. The third-order valence-corrected chi connectivity index (χ3v) is 2.41. The third-order valence-electron chi connectivity index (χ3n) is 2.41. The summed E-state index contributed by atoms with van der Waals surface area (Å²) in [4.78, 5) is 12.0. The van der Waals surface area contributed by atoms with Gasteiger partial charge >= 0.3 is 6.61 Å². The van der Waals surface area contributed by atoms with Crippen molar-refractivity contribution in [1.82, 2.24) is 0 Å². The average molecular weight is 266 g/mol. The number of ether oxygens (including phenoxy) is 1. The summed E-state index contributed by atoms with van der Waals surface area (Å²) in [5.41, 5.74) is 0.304. The lowest BCUT2D eigenvalue weighted by molar-refractivity contribution is -0.0498. The van der Waals surface area contributed by atoms with Crippen molar-refractivity contribution in [3.8, 4) is 5.75 Å². The minimum absolute atomic E-state index is 0.114. The lowest BCUT2D eigenvalue weighted by Gasteiger charge is -2.06. The topological polar surface area (TPSA) is 26.3 Å². The van der Waals surface area contributed by atoms with Crippen LogP contribution in [0.2, 0.25) is 0 Å². The predicted molar refractivity (Wildman–Crippen MR) is 62.9 cm³/mol. The van der Waals surface area contributed by atoms with E-state index in [0.29, 0.717) is 0 Å². The highest BCUT2D eigenvalue weighted by Gasteiger charge is 2.12. The number of halogens is 3. The molecule has 98 valence electrons. The van der Waals surface area contributed by atoms with Crippen LogP contribution in [0, 0.1) is 5.82 Å². The van der Waals surface area contributed by atoms with Gasteiger partial charge in [0.2, 0.25) is 0 Å². The maximum absolute atomic E-state index is 13.0. The van der Waals surface area contributed by atoms with Crippen molar-refractivity contribution in [1.29, 1.82) is 0 Å². The van der Waals surface area contributed by atoms with Crippen LogP contribution in [0.5, 0.6) is 5.75 Å². The second-order valence-electron chi connectivity index (χ2n) is 3.75. The Hall–Kier alpha value is -2.30. The first kappa shape index (κ1) is 13.1. The summed E-state index contributed by atoms with van der Waals surface area (Å²) in [6, 6.07) is 10.5. The molecular formula is C14H9F3O2. The lowest BCUT2D eigenvalue weighted by atomic mass is 10.0. The molecular weight excluding hydrogens is 257 g/mol. The molecule has 0 amide bonds. The normalized spacial score (nSPS) is 10.5. The van der Waals surface area contributed by atoms with Crippen LogP contribution in [-0.2, 0) is 0 Å². The summed E-state index contributed by atoms with van der Waals surface area (Å²) in [5, 5.41) is 0. The number of hydrogen-bond acceptors (Lipinski definition) is 2. The molecule has 0 fully saturated rings. The molecule has 0 spiro atoms. The molecule has 2 nitrogen and oxygen atoms in total. The highest BCUT2D eigenvalue weighted by Crippen LogP contribution is 2.18. The van der Waals surface area contributed by atoms with Gasteiger partial charge in [0, 0.05) is 11.1 Å². The predicted octanol–water partition coefficient (Wildman–Crippen LogP) is 3.66. The molecule has 0 atom stereocenters. The SMILES string of the molecule is O=C(c1cccc(F)c1)c1cccc(OC(F)F)c1. The van der Waals surface area contributed by atoms with Gasteiger partial charge in [-0.3, -0.25) is 4.79 Å². The molecule has 0 aliphatic carbocycles. The van der Waals surface area contributed by atoms with Crippen LogP contribution in [0.3, 0.4) is 0 Å². The van der Waals surface area contributed by atoms with Gasteiger partial charge < -0.3 is 4.74 Å². The van der Waals surface area contributed by atoms with E-state index in [-0.39, 0.29) is 16.9 Å². The molecule has 0 radical (unpaired) electrons. The van der Waals surface area contributed by atoms with Gasteiger partial charge in [-0.15, -0.1) is 0 Å². The summed E-state index contributed by atoms with van der Waals surface area (Å²) < 4.78 is 41.4. The molecule has 0 aromatic heterocycles. The molecule has 0 aliphatic heterocycles. The van der Waals surface area contributed by atoms with Crippen LogP contribution in [0.4, 0.5) is 13.2 Å². The van der Waals surface area contributed by atoms with Crippen molar-refractivity contribution < 1.29 is 22.7 Å². The van der Waals surface area contributed by atoms with E-state index in [1.54, 1.807) is 0 Å². The molecule has 2 rings (SSSR count). The first-order chi connectivity index (χ1) is 9.06. The fourth-order valence-electron chi connectivity index (χ4n) is 1.61. The number of ketones is 1. The molecule has 0 bridgehead atoms. The number of rotatable bonds is 4. The van der Waals surface area contributed by atoms with E-state index >= 15 is 0 Å². The zero-order chi connectivity index (χ0) is 13.8.